The van der Waals surface area contributed by atoms with Gasteiger partial charge in [-0.05, 0) is 71.4 Å². The molecule has 0 unspecified atom stereocenters. The van der Waals surface area contributed by atoms with Gasteiger partial charge < -0.3 is 0 Å². The molecule has 170 valence electrons. The highest BCUT2D eigenvalue weighted by Gasteiger charge is 2.27. The number of rotatable bonds is 8. The van der Waals surface area contributed by atoms with E-state index in [1.54, 1.807) is 4.88 Å². The molecule has 0 amide bonds. The highest BCUT2D eigenvalue weighted by Crippen LogP contribution is 2.48. The molecule has 3 aromatic rings. The van der Waals surface area contributed by atoms with E-state index in [1.165, 1.54) is 36.9 Å². The monoisotopic (exact) mass is 462 g/mol. The number of hydrogen-bond acceptors (Lipinski definition) is 2. The Bertz CT molecular complexity index is 1100. The minimum atomic E-state index is 0.0874. The molecule has 2 heteroatoms. The Balaban J connectivity index is 2.17. The molecule has 3 rings (SSSR count). The standard InChI is InChI=1S/C30H38S2/c1-9-12-13-17-22-19-25(31-27(22)30(7,8)11-3)26-20-24(28(32-26)29(4,5)6)23-18-15-14-16-21(23)10-2/h9-10,12,14-16,18-20H,2,11,13,17H2,1,3-8H3/b12-9+. The van der Waals surface area contributed by atoms with Crippen molar-refractivity contribution in [2.24, 2.45) is 0 Å². The molecule has 0 bridgehead atoms. The topological polar surface area (TPSA) is 0 Å². The second-order valence-electron chi connectivity index (χ2n) is 10.2. The van der Waals surface area contributed by atoms with Gasteiger partial charge in [-0.2, -0.15) is 0 Å². The zero-order chi connectivity index (χ0) is 23.5. The van der Waals surface area contributed by atoms with Crippen LogP contribution in [-0.2, 0) is 17.3 Å². The van der Waals surface area contributed by atoms with Crippen molar-refractivity contribution in [1.82, 2.24) is 0 Å². The number of hydrogen-bond donors (Lipinski definition) is 0. The summed E-state index contributed by atoms with van der Waals surface area (Å²) in [5.74, 6) is 0. The maximum atomic E-state index is 4.06. The lowest BCUT2D eigenvalue weighted by Gasteiger charge is -2.23. The molecule has 0 nitrogen and oxygen atoms in total. The second kappa shape index (κ2) is 9.93. The third-order valence-electron chi connectivity index (χ3n) is 6.25. The molecule has 0 N–H and O–H groups in total. The minimum Gasteiger partial charge on any atom is -0.139 e. The van der Waals surface area contributed by atoms with Crippen LogP contribution in [-0.4, -0.2) is 0 Å². The van der Waals surface area contributed by atoms with Crippen LogP contribution in [0.25, 0.3) is 27.0 Å². The molecule has 0 spiro atoms. The van der Waals surface area contributed by atoms with E-state index in [0.29, 0.717) is 0 Å². The van der Waals surface area contributed by atoms with Gasteiger partial charge in [-0.1, -0.05) is 90.6 Å². The highest BCUT2D eigenvalue weighted by molar-refractivity contribution is 7.22. The predicted molar refractivity (Wildman–Crippen MR) is 148 cm³/mol. The van der Waals surface area contributed by atoms with E-state index in [-0.39, 0.29) is 10.8 Å². The first-order valence-electron chi connectivity index (χ1n) is 11.7. The molecular weight excluding hydrogens is 424 g/mol. The summed E-state index contributed by atoms with van der Waals surface area (Å²) in [6.45, 7) is 20.2. The molecule has 1 aromatic carbocycles. The van der Waals surface area contributed by atoms with Gasteiger partial charge in [0, 0.05) is 19.5 Å². The Labute approximate surface area is 203 Å². The Hall–Kier alpha value is -1.90. The van der Waals surface area contributed by atoms with E-state index in [1.807, 2.05) is 28.7 Å². The summed E-state index contributed by atoms with van der Waals surface area (Å²) in [4.78, 5) is 5.80. The molecule has 0 fully saturated rings. The van der Waals surface area contributed by atoms with E-state index in [4.69, 9.17) is 0 Å². The maximum Gasteiger partial charge on any atom is 0.0452 e. The van der Waals surface area contributed by atoms with Crippen molar-refractivity contribution >= 4 is 28.7 Å². The number of thiophene rings is 2. The number of allylic oxidation sites excluding steroid dienone is 2. The van der Waals surface area contributed by atoms with Crippen LogP contribution in [0.5, 0.6) is 0 Å². The van der Waals surface area contributed by atoms with Gasteiger partial charge >= 0.3 is 0 Å². The molecule has 0 saturated carbocycles. The molecule has 0 radical (unpaired) electrons. The van der Waals surface area contributed by atoms with Gasteiger partial charge in [-0.15, -0.1) is 22.7 Å². The van der Waals surface area contributed by atoms with E-state index in [2.05, 4.69) is 104 Å². The van der Waals surface area contributed by atoms with Gasteiger partial charge in [0.25, 0.3) is 0 Å². The van der Waals surface area contributed by atoms with Gasteiger partial charge in [0.15, 0.2) is 0 Å². The molecule has 0 aliphatic heterocycles. The van der Waals surface area contributed by atoms with Gasteiger partial charge in [0.2, 0.25) is 0 Å². The summed E-state index contributed by atoms with van der Waals surface area (Å²) >= 11 is 3.97. The fourth-order valence-electron chi connectivity index (χ4n) is 4.06. The Morgan fingerprint density at radius 3 is 2.19 bits per heavy atom. The Morgan fingerprint density at radius 1 is 0.906 bits per heavy atom. The fourth-order valence-corrected chi connectivity index (χ4v) is 6.75. The normalized spacial score (nSPS) is 12.6. The van der Waals surface area contributed by atoms with Crippen molar-refractivity contribution in [1.29, 1.82) is 0 Å². The SMILES string of the molecule is C=Cc1ccccc1-c1cc(-c2cc(CC/C=C/C)c(C(C)(C)CC)s2)sc1C(C)(C)C. The fraction of sp³-hybridized carbons (Fsp3) is 0.400. The summed E-state index contributed by atoms with van der Waals surface area (Å²) in [7, 11) is 0. The molecule has 32 heavy (non-hydrogen) atoms. The zero-order valence-electron chi connectivity index (χ0n) is 20.8. The van der Waals surface area contributed by atoms with Crippen LogP contribution in [0.15, 0.2) is 55.1 Å². The summed E-state index contributed by atoms with van der Waals surface area (Å²) in [6.07, 6.45) is 9.80. The van der Waals surface area contributed by atoms with Crippen molar-refractivity contribution in [3.05, 3.63) is 76.0 Å². The second-order valence-corrected chi connectivity index (χ2v) is 12.3. The lowest BCUT2D eigenvalue weighted by molar-refractivity contribution is 0.512. The molecule has 0 aliphatic carbocycles. The summed E-state index contributed by atoms with van der Waals surface area (Å²) in [5.41, 5.74) is 5.66. The summed E-state index contributed by atoms with van der Waals surface area (Å²) < 4.78 is 0. The molecule has 0 atom stereocenters. The number of benzene rings is 1. The van der Waals surface area contributed by atoms with Gasteiger partial charge in [0.05, 0.1) is 0 Å². The Kier molecular flexibility index (Phi) is 7.68. The van der Waals surface area contributed by atoms with Gasteiger partial charge in [-0.25, -0.2) is 0 Å². The average Bonchev–Trinajstić information content (AvgIpc) is 3.39. The highest BCUT2D eigenvalue weighted by atomic mass is 32.1. The predicted octanol–water partition coefficient (Wildman–Crippen LogP) is 10.3. The average molecular weight is 463 g/mol. The number of aryl methyl sites for hydroxylation is 1. The van der Waals surface area contributed by atoms with Crippen LogP contribution < -0.4 is 0 Å². The molecule has 0 saturated heterocycles. The Morgan fingerprint density at radius 2 is 1.56 bits per heavy atom. The van der Waals surface area contributed by atoms with Crippen LogP contribution in [0, 0.1) is 0 Å². The van der Waals surface area contributed by atoms with Crippen LogP contribution in [0.3, 0.4) is 0 Å². The van der Waals surface area contributed by atoms with Crippen molar-refractivity contribution in [3.63, 3.8) is 0 Å². The minimum absolute atomic E-state index is 0.0874. The van der Waals surface area contributed by atoms with Crippen LogP contribution >= 0.6 is 22.7 Å². The molecular formula is C30H38S2. The first-order valence-corrected chi connectivity index (χ1v) is 13.4. The van der Waals surface area contributed by atoms with Crippen LogP contribution in [0.1, 0.15) is 82.2 Å². The first kappa shape index (κ1) is 24.7. The van der Waals surface area contributed by atoms with Crippen LogP contribution in [0.4, 0.5) is 0 Å². The quantitative estimate of drug-likeness (QED) is 0.292. The maximum absolute atomic E-state index is 4.06. The third-order valence-corrected chi connectivity index (χ3v) is 9.55. The van der Waals surface area contributed by atoms with Crippen molar-refractivity contribution in [2.75, 3.05) is 0 Å². The lowest BCUT2D eigenvalue weighted by atomic mass is 9.85. The van der Waals surface area contributed by atoms with Crippen molar-refractivity contribution < 1.29 is 0 Å². The van der Waals surface area contributed by atoms with Gasteiger partial charge in [-0.3, -0.25) is 0 Å². The first-order chi connectivity index (χ1) is 15.1. The molecule has 0 aliphatic rings. The van der Waals surface area contributed by atoms with Gasteiger partial charge in [0.1, 0.15) is 0 Å². The lowest BCUT2D eigenvalue weighted by Crippen LogP contribution is -2.15. The van der Waals surface area contributed by atoms with Crippen molar-refractivity contribution in [2.45, 2.75) is 78.6 Å². The van der Waals surface area contributed by atoms with E-state index < -0.39 is 0 Å². The third kappa shape index (κ3) is 5.18. The van der Waals surface area contributed by atoms with E-state index in [0.717, 1.165) is 19.3 Å². The largest absolute Gasteiger partial charge is 0.139 e. The van der Waals surface area contributed by atoms with E-state index >= 15 is 0 Å². The van der Waals surface area contributed by atoms with E-state index in [9.17, 15) is 0 Å². The summed E-state index contributed by atoms with van der Waals surface area (Å²) in [5, 5.41) is 0. The van der Waals surface area contributed by atoms with Crippen molar-refractivity contribution in [3.8, 4) is 20.9 Å². The zero-order valence-corrected chi connectivity index (χ0v) is 22.5. The molecule has 2 heterocycles. The molecule has 2 aromatic heterocycles. The summed E-state index contributed by atoms with van der Waals surface area (Å²) in [6, 6.07) is 13.5. The smallest absolute Gasteiger partial charge is 0.0452 e. The van der Waals surface area contributed by atoms with Crippen LogP contribution in [0.2, 0.25) is 0 Å².